The molecule has 43 heavy (non-hydrogen) atoms. The Balaban J connectivity index is 1.23. The molecule has 8 nitrogen and oxygen atoms in total. The Hall–Kier alpha value is -0.580. The third-order valence-electron chi connectivity index (χ3n) is 15.5. The molecule has 244 valence electrons. The van der Waals surface area contributed by atoms with Crippen LogP contribution in [0, 0.1) is 50.2 Å². The van der Waals surface area contributed by atoms with Crippen LogP contribution < -0.4 is 0 Å². The van der Waals surface area contributed by atoms with Gasteiger partial charge in [0.1, 0.15) is 18.3 Å². The van der Waals surface area contributed by atoms with E-state index in [1.807, 2.05) is 0 Å². The highest BCUT2D eigenvalue weighted by Crippen LogP contribution is 2.79. The summed E-state index contributed by atoms with van der Waals surface area (Å²) in [6.45, 7) is 14.7. The highest BCUT2D eigenvalue weighted by Gasteiger charge is 2.79. The highest BCUT2D eigenvalue weighted by molar-refractivity contribution is 5.36. The van der Waals surface area contributed by atoms with Gasteiger partial charge in [-0.3, -0.25) is 0 Å². The summed E-state index contributed by atoms with van der Waals surface area (Å²) in [4.78, 5) is 0. The van der Waals surface area contributed by atoms with E-state index in [1.165, 1.54) is 0 Å². The van der Waals surface area contributed by atoms with E-state index >= 15 is 0 Å². The molecule has 15 atom stereocenters. The van der Waals surface area contributed by atoms with Crippen molar-refractivity contribution in [3.63, 3.8) is 0 Å². The first-order valence-electron chi connectivity index (χ1n) is 17.0. The Bertz CT molecular complexity index is 1160. The predicted octanol–water partition coefficient (Wildman–Crippen LogP) is 3.56. The van der Waals surface area contributed by atoms with Crippen molar-refractivity contribution in [2.45, 2.75) is 135 Å². The summed E-state index contributed by atoms with van der Waals surface area (Å²) >= 11 is 0. The summed E-state index contributed by atoms with van der Waals surface area (Å²) in [5.41, 5.74) is -1.32. The number of aliphatic hydroxyl groups is 5. The molecule has 0 radical (unpaired) electrons. The quantitative estimate of drug-likeness (QED) is 0.244. The van der Waals surface area contributed by atoms with E-state index in [1.54, 1.807) is 0 Å². The Morgan fingerprint density at radius 3 is 2.33 bits per heavy atom. The Labute approximate surface area is 257 Å². The van der Waals surface area contributed by atoms with Crippen molar-refractivity contribution in [1.82, 2.24) is 0 Å². The fourth-order valence-corrected chi connectivity index (χ4v) is 12.6. The molecular weight excluding hydrogens is 548 g/mol. The molecule has 0 amide bonds. The number of ether oxygens (including phenoxy) is 3. The minimum absolute atomic E-state index is 0.0538. The Morgan fingerprint density at radius 2 is 1.60 bits per heavy atom. The van der Waals surface area contributed by atoms with E-state index < -0.39 is 30.0 Å². The molecule has 2 heterocycles. The fourth-order valence-electron chi connectivity index (χ4n) is 12.6. The van der Waals surface area contributed by atoms with Crippen LogP contribution in [0.2, 0.25) is 0 Å². The second kappa shape index (κ2) is 9.50. The number of aliphatic hydroxyl groups excluding tert-OH is 5. The SMILES string of the molecule is CC1(C)CC[C@@]23CO[C@]4(C=C[C@@H]5[C@@]6(C)CC[C@@H](O[C@H]7OC[C@H](O)[C@@H](O)[C@@H]7O)[C@@](C)(CO)[C@@H]6CC[C@@]5(C)[C@@]4(C)C[C@@H]2O)[C@@H]3C1. The topological polar surface area (TPSA) is 129 Å². The number of hydrogen-bond donors (Lipinski definition) is 5. The van der Waals surface area contributed by atoms with E-state index in [-0.39, 0.29) is 69.9 Å². The molecule has 5 aliphatic carbocycles. The van der Waals surface area contributed by atoms with E-state index in [2.05, 4.69) is 53.7 Å². The summed E-state index contributed by atoms with van der Waals surface area (Å²) in [7, 11) is 0. The van der Waals surface area contributed by atoms with Crippen LogP contribution in [0.3, 0.4) is 0 Å². The van der Waals surface area contributed by atoms with Crippen LogP contribution in [0.5, 0.6) is 0 Å². The zero-order valence-electron chi connectivity index (χ0n) is 27.1. The first-order chi connectivity index (χ1) is 20.0. The molecule has 8 heteroatoms. The molecule has 4 saturated carbocycles. The van der Waals surface area contributed by atoms with Crippen molar-refractivity contribution in [2.24, 2.45) is 50.2 Å². The van der Waals surface area contributed by atoms with Gasteiger partial charge < -0.3 is 39.7 Å². The molecule has 0 aromatic carbocycles. The third kappa shape index (κ3) is 3.73. The van der Waals surface area contributed by atoms with Gasteiger partial charge in [0.25, 0.3) is 0 Å². The standard InChI is InChI=1S/C35H56O8/c1-29(2)13-14-34-19-42-35(23(34)15-29)12-8-22-30(3)10-9-25(43-28-27(40)26(39)20(37)17-41-28)31(4,18-36)21(30)7-11-32(22,5)33(35,6)16-24(34)38/h8,12,20-28,36-40H,7,9-11,13-19H2,1-6H3/t20-,21+,22+,23+,24-,25+,26+,27-,28+,30-,31-,32+,33+,34-,35+/m0/s1. The number of fused-ring (bicyclic) bond motifs is 4. The van der Waals surface area contributed by atoms with Crippen LogP contribution in [0.25, 0.3) is 0 Å². The maximum atomic E-state index is 12.0. The van der Waals surface area contributed by atoms with Gasteiger partial charge in [0.15, 0.2) is 6.29 Å². The molecule has 0 aromatic rings. The van der Waals surface area contributed by atoms with Crippen molar-refractivity contribution in [3.8, 4) is 0 Å². The lowest BCUT2D eigenvalue weighted by Gasteiger charge is -2.73. The number of hydrogen-bond acceptors (Lipinski definition) is 8. The minimum atomic E-state index is -1.35. The van der Waals surface area contributed by atoms with Gasteiger partial charge in [0.05, 0.1) is 37.6 Å². The van der Waals surface area contributed by atoms with Crippen LogP contribution >= 0.6 is 0 Å². The molecule has 0 unspecified atom stereocenters. The van der Waals surface area contributed by atoms with Gasteiger partial charge in [-0.15, -0.1) is 0 Å². The summed E-state index contributed by atoms with van der Waals surface area (Å²) in [5.74, 6) is 0.709. The van der Waals surface area contributed by atoms with Gasteiger partial charge >= 0.3 is 0 Å². The van der Waals surface area contributed by atoms with Gasteiger partial charge in [-0.2, -0.15) is 0 Å². The average molecular weight is 605 g/mol. The molecule has 7 rings (SSSR count). The third-order valence-corrected chi connectivity index (χ3v) is 15.5. The van der Waals surface area contributed by atoms with Crippen LogP contribution in [-0.4, -0.2) is 87.8 Å². The first-order valence-corrected chi connectivity index (χ1v) is 17.0. The normalized spacial score (nSPS) is 60.4. The average Bonchev–Trinajstić information content (AvgIpc) is 3.22. The lowest BCUT2D eigenvalue weighted by molar-refractivity contribution is -0.314. The van der Waals surface area contributed by atoms with Gasteiger partial charge in [-0.05, 0) is 79.4 Å². The molecule has 0 aromatic heterocycles. The maximum absolute atomic E-state index is 12.0. The summed E-state index contributed by atoms with van der Waals surface area (Å²) in [5, 5.41) is 53.8. The molecule has 2 bridgehead atoms. The lowest BCUT2D eigenvalue weighted by Crippen LogP contribution is -2.72. The predicted molar refractivity (Wildman–Crippen MR) is 160 cm³/mol. The Kier molecular flexibility index (Phi) is 6.85. The fraction of sp³-hybridized carbons (Fsp3) is 0.943. The van der Waals surface area contributed by atoms with Crippen LogP contribution in [0.15, 0.2) is 12.2 Å². The van der Waals surface area contributed by atoms with E-state index in [9.17, 15) is 25.5 Å². The summed E-state index contributed by atoms with van der Waals surface area (Å²) in [6, 6.07) is 0. The second-order valence-corrected chi connectivity index (χ2v) is 17.7. The molecule has 7 aliphatic rings. The van der Waals surface area contributed by atoms with E-state index in [4.69, 9.17) is 14.2 Å². The van der Waals surface area contributed by atoms with Gasteiger partial charge in [-0.1, -0.05) is 53.7 Å². The first kappa shape index (κ1) is 31.0. The lowest BCUT2D eigenvalue weighted by atomic mass is 9.32. The molecule has 5 N–H and O–H groups in total. The highest BCUT2D eigenvalue weighted by atomic mass is 16.7. The van der Waals surface area contributed by atoms with Crippen LogP contribution in [0.1, 0.15) is 92.9 Å². The largest absolute Gasteiger partial charge is 0.396 e. The van der Waals surface area contributed by atoms with Crippen molar-refractivity contribution >= 4 is 0 Å². The monoisotopic (exact) mass is 604 g/mol. The van der Waals surface area contributed by atoms with Gasteiger partial charge in [-0.25, -0.2) is 0 Å². The van der Waals surface area contributed by atoms with Crippen molar-refractivity contribution in [1.29, 1.82) is 0 Å². The molecule has 2 aliphatic heterocycles. The Morgan fingerprint density at radius 1 is 0.860 bits per heavy atom. The minimum Gasteiger partial charge on any atom is -0.396 e. The van der Waals surface area contributed by atoms with E-state index in [0.717, 1.165) is 44.9 Å². The zero-order valence-corrected chi connectivity index (χ0v) is 27.1. The van der Waals surface area contributed by atoms with Crippen molar-refractivity contribution < 1.29 is 39.7 Å². The molecule has 6 fully saturated rings. The van der Waals surface area contributed by atoms with Crippen LogP contribution in [0.4, 0.5) is 0 Å². The number of allylic oxidation sites excluding steroid dienone is 1. The molecule has 2 saturated heterocycles. The van der Waals surface area contributed by atoms with E-state index in [0.29, 0.717) is 18.9 Å². The smallest absolute Gasteiger partial charge is 0.186 e. The van der Waals surface area contributed by atoms with Crippen molar-refractivity contribution in [2.75, 3.05) is 19.8 Å². The van der Waals surface area contributed by atoms with Crippen LogP contribution in [-0.2, 0) is 14.2 Å². The molecular formula is C35H56O8. The van der Waals surface area contributed by atoms with Gasteiger partial charge in [0, 0.05) is 22.2 Å². The zero-order chi connectivity index (χ0) is 31.0. The summed E-state index contributed by atoms with van der Waals surface area (Å²) in [6.07, 6.45) is 6.79. The van der Waals surface area contributed by atoms with Gasteiger partial charge in [0.2, 0.25) is 0 Å². The summed E-state index contributed by atoms with van der Waals surface area (Å²) < 4.78 is 19.1. The second-order valence-electron chi connectivity index (χ2n) is 17.7. The maximum Gasteiger partial charge on any atom is 0.186 e. The van der Waals surface area contributed by atoms with Crippen molar-refractivity contribution in [3.05, 3.63) is 12.2 Å². The number of rotatable bonds is 3. The molecule has 1 spiro atoms.